The van der Waals surface area contributed by atoms with Crippen LogP contribution >= 0.6 is 27.5 Å². The van der Waals surface area contributed by atoms with Crippen molar-refractivity contribution >= 4 is 33.5 Å². The largest absolute Gasteiger partial charge is 0.370 e. The summed E-state index contributed by atoms with van der Waals surface area (Å²) in [4.78, 5) is 4.50. The van der Waals surface area contributed by atoms with Crippen LogP contribution in [0.4, 0.5) is 0 Å². The highest BCUT2D eigenvalue weighted by atomic mass is 79.9. The van der Waals surface area contributed by atoms with Crippen LogP contribution < -0.4 is 11.1 Å². The second-order valence-electron chi connectivity index (χ2n) is 5.07. The van der Waals surface area contributed by atoms with Crippen LogP contribution in [0.2, 0.25) is 5.02 Å². The Morgan fingerprint density at radius 3 is 2.67 bits per heavy atom. The van der Waals surface area contributed by atoms with E-state index < -0.39 is 0 Å². The SMILES string of the molecule is NC1=NC(c2cccc(Cl)c2)CC(c2cccc(Br)c2)N1. The van der Waals surface area contributed by atoms with E-state index in [1.165, 1.54) is 5.56 Å². The quantitative estimate of drug-likeness (QED) is 0.839. The Balaban J connectivity index is 1.89. The van der Waals surface area contributed by atoms with Crippen molar-refractivity contribution in [2.45, 2.75) is 18.5 Å². The van der Waals surface area contributed by atoms with Crippen LogP contribution in [0, 0.1) is 0 Å². The third-order valence-corrected chi connectivity index (χ3v) is 4.29. The molecule has 1 aliphatic rings. The van der Waals surface area contributed by atoms with E-state index in [-0.39, 0.29) is 12.1 Å². The molecule has 0 fully saturated rings. The molecule has 2 unspecified atom stereocenters. The van der Waals surface area contributed by atoms with E-state index in [1.54, 1.807) is 0 Å². The van der Waals surface area contributed by atoms with Gasteiger partial charge in [-0.25, -0.2) is 4.99 Å². The maximum Gasteiger partial charge on any atom is 0.189 e. The number of nitrogens with two attached hydrogens (primary N) is 1. The predicted molar refractivity (Wildman–Crippen MR) is 90.5 cm³/mol. The molecule has 0 aliphatic carbocycles. The van der Waals surface area contributed by atoms with Gasteiger partial charge in [0.1, 0.15) is 0 Å². The molecule has 1 aliphatic heterocycles. The number of nitrogens with one attached hydrogen (secondary N) is 1. The van der Waals surface area contributed by atoms with Gasteiger partial charge in [0.2, 0.25) is 0 Å². The lowest BCUT2D eigenvalue weighted by Gasteiger charge is -2.29. The number of aliphatic imine (C=N–C) groups is 1. The minimum absolute atomic E-state index is 0.0222. The van der Waals surface area contributed by atoms with Crippen molar-refractivity contribution in [3.05, 3.63) is 69.2 Å². The van der Waals surface area contributed by atoms with Crippen LogP contribution in [0.5, 0.6) is 0 Å². The van der Waals surface area contributed by atoms with Crippen molar-refractivity contribution in [2.24, 2.45) is 10.7 Å². The fourth-order valence-corrected chi connectivity index (χ4v) is 3.20. The summed E-state index contributed by atoms with van der Waals surface area (Å²) in [5.74, 6) is 0.469. The summed E-state index contributed by atoms with van der Waals surface area (Å²) < 4.78 is 1.06. The van der Waals surface area contributed by atoms with Crippen LogP contribution in [0.25, 0.3) is 0 Å². The van der Waals surface area contributed by atoms with Crippen LogP contribution in [-0.4, -0.2) is 5.96 Å². The normalized spacial score (nSPS) is 21.5. The number of benzene rings is 2. The summed E-state index contributed by atoms with van der Waals surface area (Å²) in [5.41, 5.74) is 8.24. The number of rotatable bonds is 2. The Kier molecular flexibility index (Phi) is 4.17. The first kappa shape index (κ1) is 14.4. The molecule has 2 atom stereocenters. The van der Waals surface area contributed by atoms with Crippen molar-refractivity contribution in [1.82, 2.24) is 5.32 Å². The summed E-state index contributed by atoms with van der Waals surface area (Å²) in [7, 11) is 0. The van der Waals surface area contributed by atoms with Gasteiger partial charge >= 0.3 is 0 Å². The molecule has 0 saturated carbocycles. The average molecular weight is 365 g/mol. The maximum absolute atomic E-state index is 6.07. The lowest BCUT2D eigenvalue weighted by atomic mass is 9.94. The van der Waals surface area contributed by atoms with E-state index in [1.807, 2.05) is 36.4 Å². The minimum atomic E-state index is 0.0222. The maximum atomic E-state index is 6.07. The Labute approximate surface area is 137 Å². The number of nitrogens with zero attached hydrogens (tertiary/aromatic N) is 1. The zero-order chi connectivity index (χ0) is 14.8. The summed E-state index contributed by atoms with van der Waals surface area (Å²) in [6.45, 7) is 0. The van der Waals surface area contributed by atoms with Crippen molar-refractivity contribution < 1.29 is 0 Å². The third-order valence-electron chi connectivity index (χ3n) is 3.56. The Bertz CT molecular complexity index is 687. The Morgan fingerprint density at radius 1 is 1.14 bits per heavy atom. The topological polar surface area (TPSA) is 50.4 Å². The number of guanidine groups is 1. The molecule has 0 radical (unpaired) electrons. The van der Waals surface area contributed by atoms with Crippen molar-refractivity contribution in [3.8, 4) is 0 Å². The van der Waals surface area contributed by atoms with E-state index >= 15 is 0 Å². The first-order chi connectivity index (χ1) is 10.1. The Hall–Kier alpha value is -1.52. The van der Waals surface area contributed by atoms with E-state index in [0.29, 0.717) is 5.96 Å². The first-order valence-corrected chi connectivity index (χ1v) is 7.89. The summed E-state index contributed by atoms with van der Waals surface area (Å²) >= 11 is 9.58. The zero-order valence-corrected chi connectivity index (χ0v) is 13.6. The van der Waals surface area contributed by atoms with Crippen molar-refractivity contribution in [2.75, 3.05) is 0 Å². The van der Waals surface area contributed by atoms with Crippen molar-refractivity contribution in [3.63, 3.8) is 0 Å². The molecular formula is C16H15BrClN3. The Morgan fingerprint density at radius 2 is 1.90 bits per heavy atom. The molecule has 0 amide bonds. The number of hydrogen-bond donors (Lipinski definition) is 2. The highest BCUT2D eigenvalue weighted by Crippen LogP contribution is 2.33. The highest BCUT2D eigenvalue weighted by Gasteiger charge is 2.24. The van der Waals surface area contributed by atoms with Gasteiger partial charge in [-0.05, 0) is 41.8 Å². The van der Waals surface area contributed by atoms with Gasteiger partial charge in [-0.2, -0.15) is 0 Å². The lowest BCUT2D eigenvalue weighted by molar-refractivity contribution is 0.487. The van der Waals surface area contributed by atoms with Gasteiger partial charge in [-0.3, -0.25) is 0 Å². The monoisotopic (exact) mass is 363 g/mol. The summed E-state index contributed by atoms with van der Waals surface area (Å²) in [5, 5.41) is 3.97. The summed E-state index contributed by atoms with van der Waals surface area (Å²) in [6, 6.07) is 16.2. The molecular weight excluding hydrogens is 350 g/mol. The standard InChI is InChI=1S/C16H15BrClN3/c17-12-5-1-3-10(7-12)14-9-15(21-16(19)20-14)11-4-2-6-13(18)8-11/h1-8,14-15H,9H2,(H3,19,20,21). The highest BCUT2D eigenvalue weighted by molar-refractivity contribution is 9.10. The smallest absolute Gasteiger partial charge is 0.189 e. The molecule has 108 valence electrons. The molecule has 2 aromatic carbocycles. The van der Waals surface area contributed by atoms with Crippen LogP contribution in [-0.2, 0) is 0 Å². The number of halogens is 2. The molecule has 5 heteroatoms. The van der Waals surface area contributed by atoms with Crippen LogP contribution in [0.15, 0.2) is 58.0 Å². The van der Waals surface area contributed by atoms with Gasteiger partial charge in [0, 0.05) is 9.50 Å². The molecule has 2 aromatic rings. The molecule has 3 nitrogen and oxygen atoms in total. The van der Waals surface area contributed by atoms with E-state index in [4.69, 9.17) is 17.3 Å². The second kappa shape index (κ2) is 6.08. The molecule has 0 saturated heterocycles. The van der Waals surface area contributed by atoms with Gasteiger partial charge in [0.05, 0.1) is 12.1 Å². The summed E-state index contributed by atoms with van der Waals surface area (Å²) in [6.07, 6.45) is 0.845. The average Bonchev–Trinajstić information content (AvgIpc) is 2.46. The van der Waals surface area contributed by atoms with Crippen LogP contribution in [0.3, 0.4) is 0 Å². The molecule has 0 bridgehead atoms. The van der Waals surface area contributed by atoms with Crippen molar-refractivity contribution in [1.29, 1.82) is 0 Å². The van der Waals surface area contributed by atoms with E-state index in [0.717, 1.165) is 21.5 Å². The van der Waals surface area contributed by atoms with Gasteiger partial charge in [-0.15, -0.1) is 0 Å². The predicted octanol–water partition coefficient (Wildman–Crippen LogP) is 4.19. The molecule has 3 rings (SSSR count). The van der Waals surface area contributed by atoms with E-state index in [2.05, 4.69) is 38.4 Å². The molecule has 1 heterocycles. The molecule has 3 N–H and O–H groups in total. The fourth-order valence-electron chi connectivity index (χ4n) is 2.59. The number of hydrogen-bond acceptors (Lipinski definition) is 3. The molecule has 0 spiro atoms. The molecule has 0 aromatic heterocycles. The van der Waals surface area contributed by atoms with E-state index in [9.17, 15) is 0 Å². The van der Waals surface area contributed by atoms with Gasteiger partial charge in [0.15, 0.2) is 5.96 Å². The van der Waals surface area contributed by atoms with Gasteiger partial charge < -0.3 is 11.1 Å². The van der Waals surface area contributed by atoms with Gasteiger partial charge in [0.25, 0.3) is 0 Å². The third kappa shape index (κ3) is 3.39. The second-order valence-corrected chi connectivity index (χ2v) is 6.42. The first-order valence-electron chi connectivity index (χ1n) is 6.72. The molecule has 21 heavy (non-hydrogen) atoms. The van der Waals surface area contributed by atoms with Gasteiger partial charge in [-0.1, -0.05) is 51.8 Å². The zero-order valence-electron chi connectivity index (χ0n) is 11.3. The lowest BCUT2D eigenvalue weighted by Crippen LogP contribution is -2.39. The fraction of sp³-hybridized carbons (Fsp3) is 0.188. The minimum Gasteiger partial charge on any atom is -0.370 e. The van der Waals surface area contributed by atoms with Crippen LogP contribution in [0.1, 0.15) is 29.6 Å².